The molecule has 1 N–H and O–H groups in total. The first-order chi connectivity index (χ1) is 17.7. The van der Waals surface area contributed by atoms with Gasteiger partial charge in [0.1, 0.15) is 11.9 Å². The highest BCUT2D eigenvalue weighted by Crippen LogP contribution is 2.43. The molecule has 2 amide bonds. The average molecular weight is 525 g/mol. The smallest absolute Gasteiger partial charge is 0.339 e. The summed E-state index contributed by atoms with van der Waals surface area (Å²) in [7, 11) is 0. The van der Waals surface area contributed by atoms with Gasteiger partial charge in [-0.05, 0) is 66.6 Å². The number of rotatable bonds is 5. The molecule has 37 heavy (non-hydrogen) atoms. The van der Waals surface area contributed by atoms with Crippen molar-refractivity contribution in [1.82, 2.24) is 15.1 Å². The van der Waals surface area contributed by atoms with Crippen LogP contribution in [0.15, 0.2) is 71.4 Å². The molecule has 3 heterocycles. The van der Waals surface area contributed by atoms with Crippen molar-refractivity contribution >= 4 is 29.0 Å². The summed E-state index contributed by atoms with van der Waals surface area (Å²) in [5, 5.41) is 11.3. The third-order valence-electron chi connectivity index (χ3n) is 6.47. The number of carbonyl (C=O) groups is 2. The lowest BCUT2D eigenvalue weighted by Crippen LogP contribution is -2.55. The number of anilines is 1. The minimum absolute atomic E-state index is 0.169. The van der Waals surface area contributed by atoms with Crippen molar-refractivity contribution < 1.29 is 22.8 Å². The molecular formula is C27H23F3N4O2S. The van der Waals surface area contributed by atoms with E-state index in [1.54, 1.807) is 9.58 Å². The number of likely N-dealkylation sites (N-methyl/N-ethyl adjacent to an activating group) is 1. The number of carbonyl (C=O) groups excluding carboxylic acids is 2. The number of para-hydroxylation sites is 1. The molecule has 2 atom stereocenters. The van der Waals surface area contributed by atoms with Gasteiger partial charge in [0.15, 0.2) is 0 Å². The van der Waals surface area contributed by atoms with E-state index >= 15 is 0 Å². The number of aryl methyl sites for hydroxylation is 1. The van der Waals surface area contributed by atoms with E-state index in [1.807, 2.05) is 61.0 Å². The Morgan fingerprint density at radius 1 is 1.11 bits per heavy atom. The van der Waals surface area contributed by atoms with Crippen molar-refractivity contribution in [2.75, 3.05) is 11.4 Å². The van der Waals surface area contributed by atoms with Gasteiger partial charge in [-0.2, -0.15) is 29.6 Å². The average Bonchev–Trinajstić information content (AvgIpc) is 3.53. The zero-order valence-electron chi connectivity index (χ0n) is 20.0. The Bertz CT molecular complexity index is 1450. The van der Waals surface area contributed by atoms with E-state index in [-0.39, 0.29) is 11.5 Å². The SMILES string of the molecule is CCN1C(=O)[C@@H](NC(=O)c2cccc(C(F)(F)F)c2)[C@@H](c2ccsc2)c2c(C)nn(-c3ccccc3)c21. The number of hydrogen-bond acceptors (Lipinski definition) is 4. The molecular weight excluding hydrogens is 501 g/mol. The molecule has 0 unspecified atom stereocenters. The zero-order valence-corrected chi connectivity index (χ0v) is 20.8. The summed E-state index contributed by atoms with van der Waals surface area (Å²) in [5.74, 6) is -1.05. The molecule has 0 aliphatic carbocycles. The van der Waals surface area contributed by atoms with Crippen LogP contribution in [0.3, 0.4) is 0 Å². The monoisotopic (exact) mass is 524 g/mol. The normalized spacial score (nSPS) is 17.5. The lowest BCUT2D eigenvalue weighted by Gasteiger charge is -2.38. The van der Waals surface area contributed by atoms with E-state index < -0.39 is 29.6 Å². The predicted octanol–water partition coefficient (Wildman–Crippen LogP) is 5.56. The molecule has 1 aliphatic heterocycles. The van der Waals surface area contributed by atoms with Gasteiger partial charge in [0.2, 0.25) is 0 Å². The second kappa shape index (κ2) is 9.51. The van der Waals surface area contributed by atoms with Gasteiger partial charge < -0.3 is 5.32 Å². The standard InChI is InChI=1S/C27H23F3N4O2S/c1-3-33-25-21(16(2)32-34(25)20-10-5-4-6-11-20)22(18-12-13-37-15-18)23(26(33)36)31-24(35)17-8-7-9-19(14-17)27(28,29)30/h4-15,22-23H,3H2,1-2H3,(H,31,35)/t22-,23-/m0/s1. The molecule has 0 radical (unpaired) electrons. The van der Waals surface area contributed by atoms with Crippen molar-refractivity contribution in [3.05, 3.63) is 99.4 Å². The maximum Gasteiger partial charge on any atom is 0.416 e. The van der Waals surface area contributed by atoms with E-state index in [2.05, 4.69) is 5.32 Å². The van der Waals surface area contributed by atoms with Gasteiger partial charge in [0.05, 0.1) is 16.9 Å². The highest BCUT2D eigenvalue weighted by molar-refractivity contribution is 7.08. The number of benzene rings is 2. The molecule has 2 aromatic carbocycles. The maximum atomic E-state index is 13.9. The number of nitrogens with one attached hydrogen (secondary N) is 1. The number of alkyl halides is 3. The lowest BCUT2D eigenvalue weighted by atomic mass is 9.82. The fourth-order valence-electron chi connectivity index (χ4n) is 4.80. The van der Waals surface area contributed by atoms with Gasteiger partial charge in [-0.1, -0.05) is 24.3 Å². The fourth-order valence-corrected chi connectivity index (χ4v) is 5.50. The van der Waals surface area contributed by atoms with Gasteiger partial charge in [0.25, 0.3) is 11.8 Å². The van der Waals surface area contributed by atoms with Crippen LogP contribution in [-0.2, 0) is 11.0 Å². The van der Waals surface area contributed by atoms with E-state index in [1.165, 1.54) is 23.5 Å². The lowest BCUT2D eigenvalue weighted by molar-refractivity contribution is -0.137. The zero-order chi connectivity index (χ0) is 26.3. The molecule has 2 aromatic heterocycles. The number of hydrogen-bond donors (Lipinski definition) is 1. The Labute approximate surface area is 215 Å². The van der Waals surface area contributed by atoms with Crippen LogP contribution in [0.25, 0.3) is 5.69 Å². The van der Waals surface area contributed by atoms with Crippen molar-refractivity contribution in [2.45, 2.75) is 32.0 Å². The number of halogens is 3. The number of aromatic nitrogens is 2. The largest absolute Gasteiger partial charge is 0.416 e. The predicted molar refractivity (Wildman–Crippen MR) is 135 cm³/mol. The van der Waals surface area contributed by atoms with Crippen LogP contribution < -0.4 is 10.2 Å². The van der Waals surface area contributed by atoms with Gasteiger partial charge >= 0.3 is 6.18 Å². The molecule has 10 heteroatoms. The summed E-state index contributed by atoms with van der Waals surface area (Å²) in [6, 6.07) is 14.5. The molecule has 0 saturated heterocycles. The van der Waals surface area contributed by atoms with Crippen molar-refractivity contribution in [3.8, 4) is 5.69 Å². The van der Waals surface area contributed by atoms with Crippen LogP contribution in [0.4, 0.5) is 19.0 Å². The van der Waals surface area contributed by atoms with Crippen LogP contribution in [-0.4, -0.2) is 34.2 Å². The minimum Gasteiger partial charge on any atom is -0.339 e. The first-order valence-corrected chi connectivity index (χ1v) is 12.6. The van der Waals surface area contributed by atoms with Crippen molar-refractivity contribution in [1.29, 1.82) is 0 Å². The maximum absolute atomic E-state index is 13.9. The number of amides is 2. The van der Waals surface area contributed by atoms with Crippen LogP contribution in [0.1, 0.15) is 45.6 Å². The summed E-state index contributed by atoms with van der Waals surface area (Å²) >= 11 is 1.46. The van der Waals surface area contributed by atoms with E-state index in [0.717, 1.165) is 28.9 Å². The first-order valence-electron chi connectivity index (χ1n) is 11.7. The Hall–Kier alpha value is -3.92. The van der Waals surface area contributed by atoms with Crippen molar-refractivity contribution in [2.24, 2.45) is 0 Å². The third-order valence-corrected chi connectivity index (χ3v) is 7.17. The first kappa shape index (κ1) is 24.8. The van der Waals surface area contributed by atoms with Crippen LogP contribution >= 0.6 is 11.3 Å². The summed E-state index contributed by atoms with van der Waals surface area (Å²) in [5.41, 5.74) is 1.99. The Kier molecular flexibility index (Phi) is 6.36. The number of thiophene rings is 1. The highest BCUT2D eigenvalue weighted by atomic mass is 32.1. The topological polar surface area (TPSA) is 67.2 Å². The van der Waals surface area contributed by atoms with Crippen LogP contribution in [0.2, 0.25) is 0 Å². The second-order valence-electron chi connectivity index (χ2n) is 8.72. The van der Waals surface area contributed by atoms with Crippen LogP contribution in [0, 0.1) is 6.92 Å². The molecule has 190 valence electrons. The summed E-state index contributed by atoms with van der Waals surface area (Å²) in [6.07, 6.45) is -4.59. The van der Waals surface area contributed by atoms with Crippen molar-refractivity contribution in [3.63, 3.8) is 0 Å². The molecule has 5 rings (SSSR count). The fraction of sp³-hybridized carbons (Fsp3) is 0.222. The summed E-state index contributed by atoms with van der Waals surface area (Å²) in [4.78, 5) is 28.7. The molecule has 0 saturated carbocycles. The third kappa shape index (κ3) is 4.42. The van der Waals surface area contributed by atoms with E-state index in [9.17, 15) is 22.8 Å². The molecule has 0 bridgehead atoms. The van der Waals surface area contributed by atoms with Crippen LogP contribution in [0.5, 0.6) is 0 Å². The van der Waals surface area contributed by atoms with Gasteiger partial charge in [-0.3, -0.25) is 14.5 Å². The molecule has 6 nitrogen and oxygen atoms in total. The Balaban J connectivity index is 1.62. The minimum atomic E-state index is -4.59. The highest BCUT2D eigenvalue weighted by Gasteiger charge is 2.45. The number of fused-ring (bicyclic) bond motifs is 1. The number of nitrogens with zero attached hydrogens (tertiary/aromatic N) is 3. The summed E-state index contributed by atoms with van der Waals surface area (Å²) < 4.78 is 41.5. The van der Waals surface area contributed by atoms with Gasteiger partial charge in [0, 0.05) is 23.6 Å². The summed E-state index contributed by atoms with van der Waals surface area (Å²) in [6.45, 7) is 4.00. The quantitative estimate of drug-likeness (QED) is 0.372. The molecule has 1 aliphatic rings. The molecule has 4 aromatic rings. The Morgan fingerprint density at radius 2 is 1.86 bits per heavy atom. The Morgan fingerprint density at radius 3 is 2.51 bits per heavy atom. The second-order valence-corrected chi connectivity index (χ2v) is 9.50. The van der Waals surface area contributed by atoms with E-state index in [4.69, 9.17) is 5.10 Å². The van der Waals surface area contributed by atoms with Gasteiger partial charge in [-0.25, -0.2) is 4.68 Å². The molecule has 0 fully saturated rings. The van der Waals surface area contributed by atoms with E-state index in [0.29, 0.717) is 18.1 Å². The van der Waals surface area contributed by atoms with Gasteiger partial charge in [-0.15, -0.1) is 0 Å². The molecule has 0 spiro atoms.